The molecule has 6 rings (SSSR count). The Kier molecular flexibility index (Phi) is 2.49. The maximum absolute atomic E-state index is 2.66. The summed E-state index contributed by atoms with van der Waals surface area (Å²) in [5.41, 5.74) is 12.6. The van der Waals surface area contributed by atoms with Crippen molar-refractivity contribution in [3.63, 3.8) is 0 Å². The predicted octanol–water partition coefficient (Wildman–Crippen LogP) is 5.89. The number of hydrogen-bond acceptors (Lipinski definition) is 0. The molecule has 0 bridgehead atoms. The van der Waals surface area contributed by atoms with Gasteiger partial charge in [0.2, 0.25) is 0 Å². The van der Waals surface area contributed by atoms with Crippen LogP contribution < -0.4 is 0 Å². The van der Waals surface area contributed by atoms with Gasteiger partial charge in [-0.2, -0.15) is 0 Å². The second kappa shape index (κ2) is 4.51. The number of rotatable bonds is 0. The number of allylic oxidation sites excluding steroid dienone is 10. The molecule has 3 atom stereocenters. The van der Waals surface area contributed by atoms with Gasteiger partial charge in [-0.05, 0) is 83.4 Å². The Morgan fingerprint density at radius 3 is 2.88 bits per heavy atom. The maximum atomic E-state index is 2.66. The van der Waals surface area contributed by atoms with Gasteiger partial charge in [0.25, 0.3) is 0 Å². The molecule has 0 spiro atoms. The van der Waals surface area contributed by atoms with Crippen molar-refractivity contribution in [2.75, 3.05) is 0 Å². The molecule has 0 aliphatic heterocycles. The summed E-state index contributed by atoms with van der Waals surface area (Å²) in [7, 11) is 0. The highest BCUT2D eigenvalue weighted by molar-refractivity contribution is 5.91. The van der Waals surface area contributed by atoms with E-state index in [0.29, 0.717) is 5.92 Å². The molecular weight excluding hydrogens is 288 g/mol. The second-order valence-corrected chi connectivity index (χ2v) is 8.12. The summed E-state index contributed by atoms with van der Waals surface area (Å²) in [5, 5.41) is 0. The highest BCUT2D eigenvalue weighted by Crippen LogP contribution is 2.56. The lowest BCUT2D eigenvalue weighted by atomic mass is 9.68. The quantitative estimate of drug-likeness (QED) is 0.560. The molecule has 1 fully saturated rings. The van der Waals surface area contributed by atoms with Gasteiger partial charge in [0.1, 0.15) is 0 Å². The average molecular weight is 310 g/mol. The summed E-state index contributed by atoms with van der Waals surface area (Å²) < 4.78 is 0. The predicted molar refractivity (Wildman–Crippen MR) is 99.7 cm³/mol. The number of benzene rings is 1. The van der Waals surface area contributed by atoms with Crippen LogP contribution in [0.3, 0.4) is 0 Å². The van der Waals surface area contributed by atoms with E-state index < -0.39 is 0 Å². The van der Waals surface area contributed by atoms with Crippen molar-refractivity contribution in [2.45, 2.75) is 38.5 Å². The zero-order valence-electron chi connectivity index (χ0n) is 14.2. The molecule has 1 aromatic rings. The van der Waals surface area contributed by atoms with Crippen LogP contribution in [0, 0.1) is 11.8 Å². The van der Waals surface area contributed by atoms with Gasteiger partial charge >= 0.3 is 0 Å². The van der Waals surface area contributed by atoms with Crippen molar-refractivity contribution in [1.82, 2.24) is 0 Å². The van der Waals surface area contributed by atoms with E-state index in [9.17, 15) is 0 Å². The summed E-state index contributed by atoms with van der Waals surface area (Å²) in [6.07, 6.45) is 17.5. The lowest BCUT2D eigenvalue weighted by Crippen LogP contribution is -2.22. The van der Waals surface area contributed by atoms with Crippen LogP contribution in [0.2, 0.25) is 0 Å². The van der Waals surface area contributed by atoms with Gasteiger partial charge in [0, 0.05) is 5.92 Å². The number of fused-ring (bicyclic) bond motifs is 4. The van der Waals surface area contributed by atoms with Crippen molar-refractivity contribution in [3.8, 4) is 0 Å². The zero-order chi connectivity index (χ0) is 15.8. The number of aryl methyl sites for hydroxylation is 1. The molecule has 118 valence electrons. The molecular formula is C24H22. The van der Waals surface area contributed by atoms with Gasteiger partial charge in [0.15, 0.2) is 0 Å². The summed E-state index contributed by atoms with van der Waals surface area (Å²) in [4.78, 5) is 0. The molecule has 1 aromatic carbocycles. The van der Waals surface area contributed by atoms with Gasteiger partial charge in [0.05, 0.1) is 0 Å². The van der Waals surface area contributed by atoms with Crippen LogP contribution in [0.15, 0.2) is 70.9 Å². The van der Waals surface area contributed by atoms with Crippen LogP contribution >= 0.6 is 0 Å². The van der Waals surface area contributed by atoms with Crippen molar-refractivity contribution in [2.24, 2.45) is 11.8 Å². The van der Waals surface area contributed by atoms with Gasteiger partial charge in [-0.1, -0.05) is 54.2 Å². The third kappa shape index (κ3) is 1.59. The SMILES string of the molecule is CC1=CC2=CC3=C4C(=CC5CCC5c5cccc(c54)CC3)C2C=C1. The fourth-order valence-electron chi connectivity index (χ4n) is 5.53. The Bertz CT molecular complexity index is 929. The molecule has 24 heavy (non-hydrogen) atoms. The first-order valence-electron chi connectivity index (χ1n) is 9.45. The molecule has 0 nitrogen and oxygen atoms in total. The largest absolute Gasteiger partial charge is 0.0760 e. The molecule has 0 heteroatoms. The van der Waals surface area contributed by atoms with Crippen LogP contribution in [0.4, 0.5) is 0 Å². The highest BCUT2D eigenvalue weighted by atomic mass is 14.4. The minimum absolute atomic E-state index is 0.478. The standard InChI is InChI=1S/C24H22/c1-14-5-9-20-18(11-14)12-17-7-6-15-3-2-4-21-19-10-8-16(19)13-22(20)24(17)23(15)21/h2-5,9,11-13,16,19-20H,6-8,10H2,1H3. The normalized spacial score (nSPS) is 31.7. The van der Waals surface area contributed by atoms with E-state index in [4.69, 9.17) is 0 Å². The lowest BCUT2D eigenvalue weighted by Gasteiger charge is -2.35. The minimum atomic E-state index is 0.478. The van der Waals surface area contributed by atoms with Crippen LogP contribution in [0.5, 0.6) is 0 Å². The Balaban J connectivity index is 1.69. The lowest BCUT2D eigenvalue weighted by molar-refractivity contribution is 0.316. The van der Waals surface area contributed by atoms with E-state index in [1.807, 2.05) is 0 Å². The Morgan fingerprint density at radius 1 is 1.04 bits per heavy atom. The maximum Gasteiger partial charge on any atom is 0.0276 e. The van der Waals surface area contributed by atoms with Gasteiger partial charge < -0.3 is 0 Å². The summed E-state index contributed by atoms with van der Waals surface area (Å²) in [6, 6.07) is 7.10. The minimum Gasteiger partial charge on any atom is -0.0760 e. The molecule has 5 aliphatic rings. The van der Waals surface area contributed by atoms with Gasteiger partial charge in [-0.3, -0.25) is 0 Å². The monoisotopic (exact) mass is 310 g/mol. The van der Waals surface area contributed by atoms with Crippen molar-refractivity contribution in [3.05, 3.63) is 87.6 Å². The molecule has 0 amide bonds. The molecule has 0 heterocycles. The van der Waals surface area contributed by atoms with Crippen molar-refractivity contribution < 1.29 is 0 Å². The third-order valence-corrected chi connectivity index (χ3v) is 6.81. The fraction of sp³-hybridized carbons (Fsp3) is 0.333. The second-order valence-electron chi connectivity index (χ2n) is 8.12. The number of hydrogen-bond donors (Lipinski definition) is 0. The fourth-order valence-corrected chi connectivity index (χ4v) is 5.53. The van der Waals surface area contributed by atoms with Crippen molar-refractivity contribution in [1.29, 1.82) is 0 Å². The van der Waals surface area contributed by atoms with Crippen LogP contribution in [0.25, 0.3) is 5.57 Å². The first-order chi connectivity index (χ1) is 11.8. The molecule has 3 unspecified atom stereocenters. The van der Waals surface area contributed by atoms with E-state index in [2.05, 4.69) is 55.5 Å². The third-order valence-electron chi connectivity index (χ3n) is 6.81. The summed E-state index contributed by atoms with van der Waals surface area (Å²) in [6.45, 7) is 2.22. The molecule has 5 aliphatic carbocycles. The molecule has 0 aromatic heterocycles. The van der Waals surface area contributed by atoms with E-state index in [-0.39, 0.29) is 0 Å². The molecule has 0 N–H and O–H groups in total. The average Bonchev–Trinajstić information content (AvgIpc) is 2.66. The van der Waals surface area contributed by atoms with Crippen LogP contribution in [-0.2, 0) is 6.42 Å². The molecule has 0 saturated heterocycles. The van der Waals surface area contributed by atoms with E-state index in [1.54, 1.807) is 33.4 Å². The highest BCUT2D eigenvalue weighted by Gasteiger charge is 2.41. The van der Waals surface area contributed by atoms with Gasteiger partial charge in [-0.15, -0.1) is 0 Å². The molecule has 1 saturated carbocycles. The van der Waals surface area contributed by atoms with E-state index in [0.717, 1.165) is 11.8 Å². The Hall–Kier alpha value is -2.08. The smallest absolute Gasteiger partial charge is 0.0276 e. The van der Waals surface area contributed by atoms with Crippen LogP contribution in [-0.4, -0.2) is 0 Å². The van der Waals surface area contributed by atoms with E-state index >= 15 is 0 Å². The zero-order valence-corrected chi connectivity index (χ0v) is 14.2. The summed E-state index contributed by atoms with van der Waals surface area (Å²) >= 11 is 0. The summed E-state index contributed by atoms with van der Waals surface area (Å²) in [5.74, 6) is 2.00. The molecule has 0 radical (unpaired) electrons. The van der Waals surface area contributed by atoms with E-state index in [1.165, 1.54) is 36.8 Å². The first kappa shape index (κ1) is 13.2. The van der Waals surface area contributed by atoms with Crippen molar-refractivity contribution >= 4 is 5.57 Å². The Labute approximate surface area is 144 Å². The first-order valence-corrected chi connectivity index (χ1v) is 9.45. The van der Waals surface area contributed by atoms with Crippen LogP contribution in [0.1, 0.15) is 48.8 Å². The van der Waals surface area contributed by atoms with Gasteiger partial charge in [-0.25, -0.2) is 0 Å². The topological polar surface area (TPSA) is 0 Å². The Morgan fingerprint density at radius 2 is 2.00 bits per heavy atom.